The zero-order valence-corrected chi connectivity index (χ0v) is 16.8. The molecule has 150 valence electrons. The molecule has 0 aromatic carbocycles. The van der Waals surface area contributed by atoms with Gasteiger partial charge in [0, 0.05) is 20.1 Å². The summed E-state index contributed by atoms with van der Waals surface area (Å²) in [5, 5.41) is 8.74. The molecule has 1 atom stereocenters. The number of ether oxygens (including phenoxy) is 2. The summed E-state index contributed by atoms with van der Waals surface area (Å²) in [6.45, 7) is 4.81. The number of aliphatic hydroxyl groups is 1. The number of rotatable bonds is 19. The third-order valence-electron chi connectivity index (χ3n) is 4.46. The highest BCUT2D eigenvalue weighted by Crippen LogP contribution is 2.14. The maximum atomic E-state index is 11.1. The van der Waals surface area contributed by atoms with E-state index in [9.17, 15) is 4.79 Å². The van der Waals surface area contributed by atoms with Crippen LogP contribution in [0.1, 0.15) is 104 Å². The summed E-state index contributed by atoms with van der Waals surface area (Å²) in [7, 11) is 0. The quantitative estimate of drug-likeness (QED) is 0.248. The molecule has 0 heterocycles. The van der Waals surface area contributed by atoms with Crippen LogP contribution in [-0.2, 0) is 14.3 Å². The number of esters is 1. The van der Waals surface area contributed by atoms with E-state index < -0.39 is 0 Å². The number of carbonyl (C=O) groups is 1. The lowest BCUT2D eigenvalue weighted by Crippen LogP contribution is -2.23. The van der Waals surface area contributed by atoms with E-state index in [1.54, 1.807) is 0 Å². The fourth-order valence-corrected chi connectivity index (χ4v) is 3.01. The second-order valence-corrected chi connectivity index (χ2v) is 7.06. The minimum Gasteiger partial charge on any atom is -0.460 e. The van der Waals surface area contributed by atoms with Crippen molar-refractivity contribution >= 4 is 5.97 Å². The van der Waals surface area contributed by atoms with Gasteiger partial charge in [-0.3, -0.25) is 4.79 Å². The van der Waals surface area contributed by atoms with E-state index in [0.29, 0.717) is 19.6 Å². The van der Waals surface area contributed by atoms with E-state index in [0.717, 1.165) is 12.8 Å². The van der Waals surface area contributed by atoms with Gasteiger partial charge in [0.25, 0.3) is 0 Å². The molecule has 0 saturated carbocycles. The van der Waals surface area contributed by atoms with E-state index in [1.165, 1.54) is 77.6 Å². The Morgan fingerprint density at radius 2 is 1.36 bits per heavy atom. The van der Waals surface area contributed by atoms with Gasteiger partial charge in [-0.1, -0.05) is 77.6 Å². The van der Waals surface area contributed by atoms with E-state index in [4.69, 9.17) is 14.6 Å². The summed E-state index contributed by atoms with van der Waals surface area (Å²) >= 11 is 0. The van der Waals surface area contributed by atoms with Gasteiger partial charge in [-0.25, -0.2) is 0 Å². The first-order chi connectivity index (χ1) is 12.2. The third kappa shape index (κ3) is 19.6. The fourth-order valence-electron chi connectivity index (χ4n) is 3.01. The first-order valence-electron chi connectivity index (χ1n) is 10.6. The second kappa shape index (κ2) is 19.7. The summed E-state index contributed by atoms with van der Waals surface area (Å²) < 4.78 is 10.8. The minimum atomic E-state index is -0.241. The molecule has 0 fully saturated rings. The van der Waals surface area contributed by atoms with Crippen LogP contribution < -0.4 is 0 Å². The van der Waals surface area contributed by atoms with E-state index >= 15 is 0 Å². The molecule has 1 N–H and O–H groups in total. The van der Waals surface area contributed by atoms with Crippen molar-refractivity contribution in [1.29, 1.82) is 0 Å². The first kappa shape index (κ1) is 24.4. The van der Waals surface area contributed by atoms with Crippen LogP contribution in [0.2, 0.25) is 0 Å². The van der Waals surface area contributed by atoms with Crippen LogP contribution in [0.5, 0.6) is 0 Å². The number of hydrogen-bond donors (Lipinski definition) is 1. The second-order valence-electron chi connectivity index (χ2n) is 7.06. The Balaban J connectivity index is 3.46. The lowest BCUT2D eigenvalue weighted by Gasteiger charge is -2.17. The van der Waals surface area contributed by atoms with Crippen molar-refractivity contribution in [2.75, 3.05) is 19.8 Å². The van der Waals surface area contributed by atoms with Crippen molar-refractivity contribution in [3.05, 3.63) is 0 Å². The van der Waals surface area contributed by atoms with Gasteiger partial charge in [-0.15, -0.1) is 0 Å². The molecule has 0 aromatic rings. The zero-order valence-electron chi connectivity index (χ0n) is 16.8. The van der Waals surface area contributed by atoms with E-state index in [-0.39, 0.29) is 18.7 Å². The number of aliphatic hydroxyl groups excluding tert-OH is 1. The predicted octanol–water partition coefficient (Wildman–Crippen LogP) is 5.41. The molecule has 0 aliphatic heterocycles. The molecular formula is C21H42O4. The van der Waals surface area contributed by atoms with Crippen molar-refractivity contribution in [3.63, 3.8) is 0 Å². The van der Waals surface area contributed by atoms with Gasteiger partial charge in [0.05, 0.1) is 6.61 Å². The average Bonchev–Trinajstić information content (AvgIpc) is 2.59. The van der Waals surface area contributed by atoms with Crippen molar-refractivity contribution < 1.29 is 19.4 Å². The highest BCUT2D eigenvalue weighted by atomic mass is 16.6. The smallest absolute Gasteiger partial charge is 0.302 e. The number of carbonyl (C=O) groups excluding carboxylic acids is 1. The fraction of sp³-hybridized carbons (Fsp3) is 0.952. The van der Waals surface area contributed by atoms with Gasteiger partial charge in [-0.2, -0.15) is 0 Å². The molecule has 0 spiro atoms. The van der Waals surface area contributed by atoms with Gasteiger partial charge in [0.2, 0.25) is 0 Å². The molecule has 0 aromatic heterocycles. The topological polar surface area (TPSA) is 55.8 Å². The Morgan fingerprint density at radius 1 is 0.840 bits per heavy atom. The molecule has 0 aliphatic carbocycles. The molecule has 25 heavy (non-hydrogen) atoms. The molecule has 4 nitrogen and oxygen atoms in total. The van der Waals surface area contributed by atoms with Gasteiger partial charge < -0.3 is 14.6 Å². The molecule has 0 amide bonds. The van der Waals surface area contributed by atoms with Crippen LogP contribution in [0.3, 0.4) is 0 Å². The highest BCUT2D eigenvalue weighted by molar-refractivity contribution is 5.66. The third-order valence-corrected chi connectivity index (χ3v) is 4.46. The van der Waals surface area contributed by atoms with Crippen LogP contribution in [-0.4, -0.2) is 37.0 Å². The Kier molecular flexibility index (Phi) is 19.2. The van der Waals surface area contributed by atoms with Crippen LogP contribution in [0.15, 0.2) is 0 Å². The van der Waals surface area contributed by atoms with Gasteiger partial charge in [-0.05, 0) is 19.3 Å². The maximum Gasteiger partial charge on any atom is 0.302 e. The molecule has 1 unspecified atom stereocenters. The van der Waals surface area contributed by atoms with Crippen molar-refractivity contribution in [3.8, 4) is 0 Å². The number of unbranched alkanes of at least 4 members (excludes halogenated alkanes) is 11. The molecule has 0 saturated heterocycles. The number of hydrogen-bond acceptors (Lipinski definition) is 4. The van der Waals surface area contributed by atoms with E-state index in [2.05, 4.69) is 6.92 Å². The van der Waals surface area contributed by atoms with Crippen LogP contribution in [0.25, 0.3) is 0 Å². The zero-order chi connectivity index (χ0) is 18.6. The summed E-state index contributed by atoms with van der Waals surface area (Å²) in [6.07, 6.45) is 17.3. The monoisotopic (exact) mass is 358 g/mol. The largest absolute Gasteiger partial charge is 0.460 e. The Labute approximate surface area is 155 Å². The molecule has 0 bridgehead atoms. The summed E-state index contributed by atoms with van der Waals surface area (Å²) in [6, 6.07) is 0. The summed E-state index contributed by atoms with van der Waals surface area (Å²) in [5.74, 6) is -0.241. The Hall–Kier alpha value is -0.610. The van der Waals surface area contributed by atoms with E-state index in [1.807, 2.05) is 0 Å². The normalized spacial score (nSPS) is 12.3. The average molecular weight is 359 g/mol. The lowest BCUT2D eigenvalue weighted by atomic mass is 10.0. The lowest BCUT2D eigenvalue weighted by molar-refractivity contribution is -0.150. The van der Waals surface area contributed by atoms with Crippen molar-refractivity contribution in [1.82, 2.24) is 0 Å². The van der Waals surface area contributed by atoms with Gasteiger partial charge >= 0.3 is 5.97 Å². The van der Waals surface area contributed by atoms with Crippen LogP contribution >= 0.6 is 0 Å². The maximum absolute atomic E-state index is 11.1. The standard InChI is InChI=1S/C21H42O4/c1-3-4-5-6-7-8-9-10-11-12-13-14-16-21(25-20(2)23)19-24-18-15-17-22/h21-22H,3-19H2,1-2H3. The Bertz CT molecular complexity index is 281. The van der Waals surface area contributed by atoms with Gasteiger partial charge in [0.15, 0.2) is 0 Å². The minimum absolute atomic E-state index is 0.136. The molecular weight excluding hydrogens is 316 g/mol. The van der Waals surface area contributed by atoms with Crippen molar-refractivity contribution in [2.24, 2.45) is 0 Å². The Morgan fingerprint density at radius 3 is 1.84 bits per heavy atom. The molecule has 0 aliphatic rings. The van der Waals surface area contributed by atoms with Crippen LogP contribution in [0.4, 0.5) is 0 Å². The highest BCUT2D eigenvalue weighted by Gasteiger charge is 2.11. The molecule has 0 radical (unpaired) electrons. The summed E-state index contributed by atoms with van der Waals surface area (Å²) in [4.78, 5) is 11.1. The van der Waals surface area contributed by atoms with Crippen LogP contribution in [0, 0.1) is 0 Å². The van der Waals surface area contributed by atoms with Crippen molar-refractivity contribution in [2.45, 2.75) is 110 Å². The van der Waals surface area contributed by atoms with Gasteiger partial charge in [0.1, 0.15) is 6.10 Å². The first-order valence-corrected chi connectivity index (χ1v) is 10.6. The SMILES string of the molecule is CCCCCCCCCCCCCCC(COCCCO)OC(C)=O. The predicted molar refractivity (Wildman–Crippen MR) is 104 cm³/mol. The molecule has 4 heteroatoms. The molecule has 0 rings (SSSR count). The summed E-state index contributed by atoms with van der Waals surface area (Å²) in [5.41, 5.74) is 0.